The molecule has 1 unspecified atom stereocenters. The number of hydrogen-bond acceptors (Lipinski definition) is 1. The third kappa shape index (κ3) is 2.34. The van der Waals surface area contributed by atoms with Crippen LogP contribution in [0.4, 0.5) is 0 Å². The van der Waals surface area contributed by atoms with E-state index in [1.54, 1.807) is 0 Å². The van der Waals surface area contributed by atoms with Gasteiger partial charge in [0.05, 0.1) is 0 Å². The molecule has 60 valence electrons. The summed E-state index contributed by atoms with van der Waals surface area (Å²) in [6.45, 7) is 2.25. The van der Waals surface area contributed by atoms with Crippen LogP contribution in [-0.4, -0.2) is 6.21 Å². The topological polar surface area (TPSA) is 23.9 Å². The number of hydrogen-bond donors (Lipinski definition) is 1. The zero-order chi connectivity index (χ0) is 8.10. The molecule has 1 N–H and O–H groups in total. The monoisotopic (exact) mass is 149 g/mol. The Bertz CT molecular complexity index is 189. The van der Waals surface area contributed by atoms with E-state index in [9.17, 15) is 0 Å². The molecule has 11 heavy (non-hydrogen) atoms. The molecule has 1 atom stereocenters. The lowest BCUT2D eigenvalue weighted by Crippen LogP contribution is -2.01. The minimum Gasteiger partial charge on any atom is -0.313 e. The lowest BCUT2D eigenvalue weighted by Gasteiger charge is -2.15. The molecule has 0 spiro atoms. The Morgan fingerprint density at radius 1 is 1.73 bits per heavy atom. The van der Waals surface area contributed by atoms with Gasteiger partial charge in [-0.05, 0) is 31.4 Å². The highest BCUT2D eigenvalue weighted by atomic mass is 14.3. The Morgan fingerprint density at radius 2 is 2.55 bits per heavy atom. The fourth-order valence-corrected chi connectivity index (χ4v) is 1.36. The summed E-state index contributed by atoms with van der Waals surface area (Å²) in [5, 5.41) is 6.92. The molecular weight excluding hydrogens is 134 g/mol. The second-order valence-corrected chi connectivity index (χ2v) is 3.05. The quantitative estimate of drug-likeness (QED) is 0.596. The third-order valence-electron chi connectivity index (χ3n) is 2.15. The molecule has 0 saturated heterocycles. The summed E-state index contributed by atoms with van der Waals surface area (Å²) in [6, 6.07) is 0. The van der Waals surface area contributed by atoms with E-state index < -0.39 is 0 Å². The lowest BCUT2D eigenvalue weighted by atomic mass is 9.90. The number of rotatable bonds is 3. The predicted molar refractivity (Wildman–Crippen MR) is 49.0 cm³/mol. The summed E-state index contributed by atoms with van der Waals surface area (Å²) in [4.78, 5) is 0. The molecule has 1 aliphatic rings. The molecule has 1 nitrogen and oxygen atoms in total. The molecule has 1 rings (SSSR count). The molecule has 0 saturated carbocycles. The number of nitrogens with one attached hydrogen (secondary N) is 1. The van der Waals surface area contributed by atoms with Crippen molar-refractivity contribution in [2.45, 2.75) is 26.2 Å². The zero-order valence-electron chi connectivity index (χ0n) is 7.01. The summed E-state index contributed by atoms with van der Waals surface area (Å²) in [7, 11) is 0. The van der Waals surface area contributed by atoms with Gasteiger partial charge in [0.2, 0.25) is 0 Å². The molecule has 0 fully saturated rings. The first-order valence-corrected chi connectivity index (χ1v) is 4.19. The van der Waals surface area contributed by atoms with E-state index in [0.29, 0.717) is 5.92 Å². The predicted octanol–water partition coefficient (Wildman–Crippen LogP) is 2.94. The van der Waals surface area contributed by atoms with Crippen molar-refractivity contribution in [2.24, 2.45) is 5.92 Å². The highest BCUT2D eigenvalue weighted by Gasteiger charge is 2.07. The maximum absolute atomic E-state index is 6.92. The highest BCUT2D eigenvalue weighted by Crippen LogP contribution is 2.22. The van der Waals surface area contributed by atoms with Gasteiger partial charge in [0.1, 0.15) is 0 Å². The van der Waals surface area contributed by atoms with Crippen LogP contribution in [0.25, 0.3) is 0 Å². The molecule has 0 aromatic heterocycles. The van der Waals surface area contributed by atoms with Crippen LogP contribution in [0, 0.1) is 11.3 Å². The van der Waals surface area contributed by atoms with Crippen LogP contribution in [0.3, 0.4) is 0 Å². The minimum absolute atomic E-state index is 0.694. The van der Waals surface area contributed by atoms with Gasteiger partial charge in [0, 0.05) is 0 Å². The molecule has 0 bridgehead atoms. The molecule has 1 aliphatic carbocycles. The van der Waals surface area contributed by atoms with Gasteiger partial charge in [-0.25, -0.2) is 0 Å². The van der Waals surface area contributed by atoms with Gasteiger partial charge in [-0.15, -0.1) is 0 Å². The molecule has 0 amide bonds. The first kappa shape index (κ1) is 8.25. The summed E-state index contributed by atoms with van der Waals surface area (Å²) in [6.07, 6.45) is 11.1. The summed E-state index contributed by atoms with van der Waals surface area (Å²) >= 11 is 0. The van der Waals surface area contributed by atoms with Crippen molar-refractivity contribution in [2.75, 3.05) is 0 Å². The summed E-state index contributed by atoms with van der Waals surface area (Å²) in [5.74, 6) is 0.694. The maximum Gasteiger partial charge on any atom is -0.00446 e. The van der Waals surface area contributed by atoms with Gasteiger partial charge < -0.3 is 5.41 Å². The second kappa shape index (κ2) is 4.12. The highest BCUT2D eigenvalue weighted by molar-refractivity contribution is 5.53. The molecule has 1 heteroatoms. The molecule has 0 aliphatic heterocycles. The van der Waals surface area contributed by atoms with Crippen LogP contribution in [-0.2, 0) is 0 Å². The van der Waals surface area contributed by atoms with Crippen LogP contribution in [0.2, 0.25) is 0 Å². The first-order valence-electron chi connectivity index (χ1n) is 4.19. The van der Waals surface area contributed by atoms with E-state index in [0.717, 1.165) is 12.8 Å². The molecule has 0 aromatic carbocycles. The van der Waals surface area contributed by atoms with Gasteiger partial charge in [0.15, 0.2) is 0 Å². The van der Waals surface area contributed by atoms with Crippen LogP contribution in [0.5, 0.6) is 0 Å². The van der Waals surface area contributed by atoms with E-state index in [-0.39, 0.29) is 0 Å². The van der Waals surface area contributed by atoms with Crippen molar-refractivity contribution in [3.63, 3.8) is 0 Å². The standard InChI is InChI=1S/C10H15N/c1-9-5-2-3-6-10(9)7-4-8-11/h2-3,6,8-9,11H,4-5,7H2,1H3. The Balaban J connectivity index is 2.46. The summed E-state index contributed by atoms with van der Waals surface area (Å²) < 4.78 is 0. The number of allylic oxidation sites excluding steroid dienone is 4. The summed E-state index contributed by atoms with van der Waals surface area (Å²) in [5.41, 5.74) is 1.50. The van der Waals surface area contributed by atoms with Crippen molar-refractivity contribution in [3.05, 3.63) is 23.8 Å². The van der Waals surface area contributed by atoms with Gasteiger partial charge >= 0.3 is 0 Å². The Kier molecular flexibility index (Phi) is 3.09. The van der Waals surface area contributed by atoms with Crippen molar-refractivity contribution in [1.29, 1.82) is 5.41 Å². The Hall–Kier alpha value is -0.850. The van der Waals surface area contributed by atoms with Crippen molar-refractivity contribution in [3.8, 4) is 0 Å². The van der Waals surface area contributed by atoms with E-state index in [1.807, 2.05) is 0 Å². The van der Waals surface area contributed by atoms with Crippen molar-refractivity contribution in [1.82, 2.24) is 0 Å². The Morgan fingerprint density at radius 3 is 3.18 bits per heavy atom. The molecule has 0 aromatic rings. The van der Waals surface area contributed by atoms with E-state index in [4.69, 9.17) is 5.41 Å². The zero-order valence-corrected chi connectivity index (χ0v) is 7.01. The van der Waals surface area contributed by atoms with Crippen LogP contribution < -0.4 is 0 Å². The van der Waals surface area contributed by atoms with Gasteiger partial charge in [-0.2, -0.15) is 0 Å². The van der Waals surface area contributed by atoms with E-state index in [1.165, 1.54) is 18.2 Å². The minimum atomic E-state index is 0.694. The largest absolute Gasteiger partial charge is 0.313 e. The van der Waals surface area contributed by atoms with E-state index in [2.05, 4.69) is 25.2 Å². The first-order chi connectivity index (χ1) is 5.34. The maximum atomic E-state index is 6.92. The van der Waals surface area contributed by atoms with Crippen molar-refractivity contribution >= 4 is 6.21 Å². The van der Waals surface area contributed by atoms with Crippen LogP contribution >= 0.6 is 0 Å². The lowest BCUT2D eigenvalue weighted by molar-refractivity contribution is 0.653. The van der Waals surface area contributed by atoms with E-state index >= 15 is 0 Å². The van der Waals surface area contributed by atoms with Gasteiger partial charge in [0.25, 0.3) is 0 Å². The SMILES string of the molecule is CC1CC=CC=C1CCC=N. The average Bonchev–Trinajstić information content (AvgIpc) is 2.03. The van der Waals surface area contributed by atoms with Crippen LogP contribution in [0.1, 0.15) is 26.2 Å². The third-order valence-corrected chi connectivity index (χ3v) is 2.15. The normalized spacial score (nSPS) is 23.0. The average molecular weight is 149 g/mol. The van der Waals surface area contributed by atoms with Crippen LogP contribution in [0.15, 0.2) is 23.8 Å². The van der Waals surface area contributed by atoms with Gasteiger partial charge in [-0.1, -0.05) is 30.7 Å². The molecular formula is C10H15N. The fourth-order valence-electron chi connectivity index (χ4n) is 1.36. The smallest absolute Gasteiger partial charge is 0.00446 e. The van der Waals surface area contributed by atoms with Crippen molar-refractivity contribution < 1.29 is 0 Å². The molecule has 0 heterocycles. The fraction of sp³-hybridized carbons (Fsp3) is 0.500. The Labute approximate surface area is 68.3 Å². The second-order valence-electron chi connectivity index (χ2n) is 3.05. The van der Waals surface area contributed by atoms with Gasteiger partial charge in [-0.3, -0.25) is 0 Å². The molecule has 0 radical (unpaired) electrons.